The van der Waals surface area contributed by atoms with E-state index in [1.165, 1.54) is 0 Å². The lowest BCUT2D eigenvalue weighted by Crippen LogP contribution is -2.23. The SMILES string of the molecule is NC(=O)c1ccccc1OCC#CCNC(=O)CCc1ccccc1. The van der Waals surface area contributed by atoms with Gasteiger partial charge in [-0.25, -0.2) is 0 Å². The Kier molecular flexibility index (Phi) is 7.08. The van der Waals surface area contributed by atoms with Crippen molar-refractivity contribution in [2.24, 2.45) is 5.73 Å². The summed E-state index contributed by atoms with van der Waals surface area (Å²) in [6, 6.07) is 16.6. The lowest BCUT2D eigenvalue weighted by molar-refractivity contribution is -0.120. The van der Waals surface area contributed by atoms with Gasteiger partial charge in [0.15, 0.2) is 0 Å². The van der Waals surface area contributed by atoms with Crippen molar-refractivity contribution < 1.29 is 14.3 Å². The third kappa shape index (κ3) is 6.40. The summed E-state index contributed by atoms with van der Waals surface area (Å²) >= 11 is 0. The van der Waals surface area contributed by atoms with Crippen molar-refractivity contribution in [1.82, 2.24) is 5.32 Å². The second-order valence-corrected chi connectivity index (χ2v) is 5.26. The Morgan fingerprint density at radius 1 is 1.00 bits per heavy atom. The van der Waals surface area contributed by atoms with Gasteiger partial charge in [0.05, 0.1) is 12.1 Å². The molecule has 3 N–H and O–H groups in total. The molecule has 0 saturated heterocycles. The van der Waals surface area contributed by atoms with Gasteiger partial charge in [0.1, 0.15) is 12.4 Å². The number of benzene rings is 2. The Labute approximate surface area is 147 Å². The number of rotatable bonds is 7. The van der Waals surface area contributed by atoms with Gasteiger partial charge in [-0.1, -0.05) is 54.3 Å². The highest BCUT2D eigenvalue weighted by molar-refractivity contribution is 5.95. The first-order valence-electron chi connectivity index (χ1n) is 7.95. The lowest BCUT2D eigenvalue weighted by atomic mass is 10.1. The topological polar surface area (TPSA) is 81.4 Å². The minimum atomic E-state index is -0.547. The van der Waals surface area contributed by atoms with Crippen LogP contribution >= 0.6 is 0 Å². The molecular weight excluding hydrogens is 316 g/mol. The quantitative estimate of drug-likeness (QED) is 0.758. The summed E-state index contributed by atoms with van der Waals surface area (Å²) in [6.45, 7) is 0.374. The summed E-state index contributed by atoms with van der Waals surface area (Å²) in [5, 5.41) is 2.74. The van der Waals surface area contributed by atoms with Crippen LogP contribution in [0.25, 0.3) is 0 Å². The third-order valence-electron chi connectivity index (χ3n) is 3.43. The van der Waals surface area contributed by atoms with Gasteiger partial charge >= 0.3 is 0 Å². The van der Waals surface area contributed by atoms with Crippen LogP contribution in [0.4, 0.5) is 0 Å². The van der Waals surface area contributed by atoms with Crippen LogP contribution in [0.15, 0.2) is 54.6 Å². The number of ether oxygens (including phenoxy) is 1. The van der Waals surface area contributed by atoms with Gasteiger partial charge in [-0.3, -0.25) is 9.59 Å². The second kappa shape index (κ2) is 9.78. The van der Waals surface area contributed by atoms with Crippen LogP contribution in [0, 0.1) is 11.8 Å². The zero-order chi connectivity index (χ0) is 17.9. The Balaban J connectivity index is 1.67. The summed E-state index contributed by atoms with van der Waals surface area (Å²) in [4.78, 5) is 23.0. The molecule has 0 radical (unpaired) electrons. The van der Waals surface area contributed by atoms with Gasteiger partial charge in [0, 0.05) is 6.42 Å². The average Bonchev–Trinajstić information content (AvgIpc) is 2.64. The molecule has 2 aromatic carbocycles. The Morgan fingerprint density at radius 3 is 2.48 bits per heavy atom. The second-order valence-electron chi connectivity index (χ2n) is 5.26. The molecule has 0 aliphatic heterocycles. The highest BCUT2D eigenvalue weighted by Gasteiger charge is 2.07. The van der Waals surface area contributed by atoms with Crippen LogP contribution in [0.3, 0.4) is 0 Å². The number of hydrogen-bond donors (Lipinski definition) is 2. The summed E-state index contributed by atoms with van der Waals surface area (Å²) in [7, 11) is 0. The molecule has 0 saturated carbocycles. The first kappa shape index (κ1) is 18.1. The average molecular weight is 336 g/mol. The molecule has 0 unspecified atom stereocenters. The standard InChI is InChI=1S/C20H20N2O3/c21-20(24)17-10-4-5-11-18(17)25-15-7-6-14-22-19(23)13-12-16-8-2-1-3-9-16/h1-5,8-11H,12-15H2,(H2,21,24)(H,22,23). The molecule has 2 rings (SSSR count). The molecule has 2 aromatic rings. The molecule has 0 atom stereocenters. The maximum absolute atomic E-state index is 11.7. The molecule has 5 heteroatoms. The van der Waals surface area contributed by atoms with Gasteiger partial charge in [0.25, 0.3) is 5.91 Å². The fourth-order valence-electron chi connectivity index (χ4n) is 2.16. The van der Waals surface area contributed by atoms with Crippen molar-refractivity contribution in [1.29, 1.82) is 0 Å². The zero-order valence-electron chi connectivity index (χ0n) is 13.8. The third-order valence-corrected chi connectivity index (χ3v) is 3.43. The van der Waals surface area contributed by atoms with Crippen molar-refractivity contribution in [3.05, 3.63) is 65.7 Å². The van der Waals surface area contributed by atoms with E-state index in [9.17, 15) is 9.59 Å². The zero-order valence-corrected chi connectivity index (χ0v) is 13.8. The molecule has 0 aliphatic rings. The summed E-state index contributed by atoms with van der Waals surface area (Å²) in [6.07, 6.45) is 1.13. The fourth-order valence-corrected chi connectivity index (χ4v) is 2.16. The molecule has 2 amide bonds. The van der Waals surface area contributed by atoms with E-state index < -0.39 is 5.91 Å². The summed E-state index contributed by atoms with van der Waals surface area (Å²) in [5.74, 6) is 5.41. The van der Waals surface area contributed by atoms with E-state index in [2.05, 4.69) is 17.2 Å². The van der Waals surface area contributed by atoms with E-state index in [1.807, 2.05) is 30.3 Å². The molecule has 0 bridgehead atoms. The number of carbonyl (C=O) groups is 2. The number of nitrogens with one attached hydrogen (secondary N) is 1. The Morgan fingerprint density at radius 2 is 1.72 bits per heavy atom. The van der Waals surface area contributed by atoms with E-state index in [1.54, 1.807) is 24.3 Å². The first-order valence-corrected chi connectivity index (χ1v) is 7.95. The molecule has 0 heterocycles. The van der Waals surface area contributed by atoms with Crippen molar-refractivity contribution >= 4 is 11.8 Å². The highest BCUT2D eigenvalue weighted by Crippen LogP contribution is 2.16. The number of nitrogens with two attached hydrogens (primary N) is 1. The first-order chi connectivity index (χ1) is 12.2. The van der Waals surface area contributed by atoms with Crippen LogP contribution in [0.5, 0.6) is 5.75 Å². The molecule has 0 fully saturated rings. The van der Waals surface area contributed by atoms with E-state index >= 15 is 0 Å². The molecular formula is C20H20N2O3. The van der Waals surface area contributed by atoms with Crippen LogP contribution in [0.2, 0.25) is 0 Å². The van der Waals surface area contributed by atoms with Crippen molar-refractivity contribution in [2.45, 2.75) is 12.8 Å². The highest BCUT2D eigenvalue weighted by atomic mass is 16.5. The molecule has 5 nitrogen and oxygen atoms in total. The van der Waals surface area contributed by atoms with E-state index in [-0.39, 0.29) is 19.1 Å². The van der Waals surface area contributed by atoms with Crippen LogP contribution in [-0.2, 0) is 11.2 Å². The number of amides is 2. The number of hydrogen-bond acceptors (Lipinski definition) is 3. The Hall–Kier alpha value is -3.26. The van der Waals surface area contributed by atoms with Crippen LogP contribution in [0.1, 0.15) is 22.3 Å². The summed E-state index contributed by atoms with van der Waals surface area (Å²) in [5.41, 5.74) is 6.72. The minimum Gasteiger partial charge on any atom is -0.480 e. The van der Waals surface area contributed by atoms with Crippen LogP contribution in [-0.4, -0.2) is 25.0 Å². The fraction of sp³-hybridized carbons (Fsp3) is 0.200. The Bertz CT molecular complexity index is 776. The van der Waals surface area contributed by atoms with Gasteiger partial charge in [-0.05, 0) is 24.1 Å². The van der Waals surface area contributed by atoms with Gasteiger partial charge < -0.3 is 15.8 Å². The van der Waals surface area contributed by atoms with Gasteiger partial charge in [-0.15, -0.1) is 0 Å². The summed E-state index contributed by atoms with van der Waals surface area (Å²) < 4.78 is 5.42. The van der Waals surface area contributed by atoms with Crippen LogP contribution < -0.4 is 15.8 Å². The number of aryl methyl sites for hydroxylation is 1. The number of carbonyl (C=O) groups excluding carboxylic acids is 2. The maximum Gasteiger partial charge on any atom is 0.252 e. The molecule has 0 spiro atoms. The minimum absolute atomic E-state index is 0.0434. The molecule has 128 valence electrons. The normalized spacial score (nSPS) is 9.60. The molecule has 0 aromatic heterocycles. The lowest BCUT2D eigenvalue weighted by Gasteiger charge is -2.05. The monoisotopic (exact) mass is 336 g/mol. The van der Waals surface area contributed by atoms with Crippen molar-refractivity contribution in [2.75, 3.05) is 13.2 Å². The molecule has 0 aliphatic carbocycles. The predicted molar refractivity (Wildman–Crippen MR) is 96.0 cm³/mol. The van der Waals surface area contributed by atoms with E-state index in [0.717, 1.165) is 5.56 Å². The number of primary amides is 1. The number of para-hydroxylation sites is 1. The van der Waals surface area contributed by atoms with Gasteiger partial charge in [0.2, 0.25) is 5.91 Å². The van der Waals surface area contributed by atoms with Gasteiger partial charge in [-0.2, -0.15) is 0 Å². The van der Waals surface area contributed by atoms with Crippen molar-refractivity contribution in [3.8, 4) is 17.6 Å². The smallest absolute Gasteiger partial charge is 0.252 e. The van der Waals surface area contributed by atoms with E-state index in [0.29, 0.717) is 24.2 Å². The van der Waals surface area contributed by atoms with Crippen molar-refractivity contribution in [3.63, 3.8) is 0 Å². The van der Waals surface area contributed by atoms with E-state index in [4.69, 9.17) is 10.5 Å². The largest absolute Gasteiger partial charge is 0.480 e. The molecule has 25 heavy (non-hydrogen) atoms. The predicted octanol–water partition coefficient (Wildman–Crippen LogP) is 1.92. The maximum atomic E-state index is 11.7.